The van der Waals surface area contributed by atoms with Gasteiger partial charge < -0.3 is 16.2 Å². The summed E-state index contributed by atoms with van der Waals surface area (Å²) in [6, 6.07) is 0. The van der Waals surface area contributed by atoms with Crippen molar-refractivity contribution >= 4 is 22.4 Å². The van der Waals surface area contributed by atoms with Crippen LogP contribution in [0.4, 0.5) is 10.8 Å². The molecule has 2 rings (SSSR count). The number of nitrogens with one attached hydrogen (secondary N) is 1. The second-order valence-corrected chi connectivity index (χ2v) is 4.01. The van der Waals surface area contributed by atoms with Crippen LogP contribution in [-0.2, 0) is 0 Å². The largest absolute Gasteiger partial charge is 0.395 e. The van der Waals surface area contributed by atoms with E-state index in [1.165, 1.54) is 29.9 Å². The Labute approximate surface area is 80.9 Å². The first-order chi connectivity index (χ1) is 6.33. The number of hydrogen-bond donors (Lipinski definition) is 3. The molecular weight excluding hydrogens is 186 g/mol. The minimum absolute atomic E-state index is 0.141. The first-order valence-corrected chi connectivity index (χ1v) is 5.20. The molecule has 1 aliphatic carbocycles. The Kier molecular flexibility index (Phi) is 2.37. The van der Waals surface area contributed by atoms with Crippen molar-refractivity contribution < 1.29 is 5.11 Å². The van der Waals surface area contributed by atoms with Gasteiger partial charge in [-0.15, -0.1) is 0 Å². The van der Waals surface area contributed by atoms with E-state index >= 15 is 0 Å². The first kappa shape index (κ1) is 8.77. The minimum Gasteiger partial charge on any atom is -0.395 e. The van der Waals surface area contributed by atoms with E-state index in [9.17, 15) is 0 Å². The maximum Gasteiger partial charge on any atom is 0.142 e. The van der Waals surface area contributed by atoms with Gasteiger partial charge in [0.05, 0.1) is 6.61 Å². The van der Waals surface area contributed by atoms with Crippen LogP contribution in [0.2, 0.25) is 0 Å². The Hall–Kier alpha value is -0.810. The molecule has 1 fully saturated rings. The molecule has 0 atom stereocenters. The fourth-order valence-corrected chi connectivity index (χ4v) is 2.20. The summed E-state index contributed by atoms with van der Waals surface area (Å²) >= 11 is 1.39. The maximum atomic E-state index is 8.67. The standard InChI is InChI=1S/C8H13N3OS/c9-7-6(5-1-2-5)8(13-11-7)10-3-4-12/h5,10,12H,1-4H2,(H2,9,11). The van der Waals surface area contributed by atoms with Gasteiger partial charge in [-0.2, -0.15) is 4.37 Å². The van der Waals surface area contributed by atoms with E-state index < -0.39 is 0 Å². The zero-order valence-corrected chi connectivity index (χ0v) is 8.10. The summed E-state index contributed by atoms with van der Waals surface area (Å²) in [5.41, 5.74) is 6.92. The fourth-order valence-electron chi connectivity index (χ4n) is 1.37. The lowest BCUT2D eigenvalue weighted by Crippen LogP contribution is -2.05. The smallest absolute Gasteiger partial charge is 0.142 e. The second-order valence-electron chi connectivity index (χ2n) is 3.24. The van der Waals surface area contributed by atoms with E-state index in [1.54, 1.807) is 0 Å². The Bertz CT molecular complexity index is 296. The van der Waals surface area contributed by atoms with Crippen LogP contribution in [0.25, 0.3) is 0 Å². The van der Waals surface area contributed by atoms with E-state index in [4.69, 9.17) is 10.8 Å². The average Bonchev–Trinajstić information content (AvgIpc) is 2.88. The zero-order chi connectivity index (χ0) is 9.26. The molecule has 1 aromatic rings. The van der Waals surface area contributed by atoms with Crippen LogP contribution in [0, 0.1) is 0 Å². The highest BCUT2D eigenvalue weighted by Gasteiger charge is 2.30. The molecule has 72 valence electrons. The molecule has 1 saturated carbocycles. The summed E-state index contributed by atoms with van der Waals surface area (Å²) in [5, 5.41) is 12.8. The molecule has 0 aliphatic heterocycles. The summed E-state index contributed by atoms with van der Waals surface area (Å²) in [6.07, 6.45) is 2.44. The summed E-state index contributed by atoms with van der Waals surface area (Å²) < 4.78 is 4.11. The van der Waals surface area contributed by atoms with Crippen molar-refractivity contribution in [3.05, 3.63) is 5.56 Å². The number of aromatic nitrogens is 1. The first-order valence-electron chi connectivity index (χ1n) is 4.42. The van der Waals surface area contributed by atoms with Gasteiger partial charge in [0.25, 0.3) is 0 Å². The molecule has 0 bridgehead atoms. The molecule has 0 spiro atoms. The van der Waals surface area contributed by atoms with E-state index in [0.29, 0.717) is 18.3 Å². The molecule has 1 heterocycles. The van der Waals surface area contributed by atoms with Crippen LogP contribution in [0.15, 0.2) is 0 Å². The highest BCUT2D eigenvalue weighted by atomic mass is 32.1. The van der Waals surface area contributed by atoms with E-state index in [-0.39, 0.29) is 6.61 Å². The Balaban J connectivity index is 2.13. The van der Waals surface area contributed by atoms with Crippen LogP contribution in [0.5, 0.6) is 0 Å². The van der Waals surface area contributed by atoms with Crippen LogP contribution in [0.3, 0.4) is 0 Å². The summed E-state index contributed by atoms with van der Waals surface area (Å²) in [6.45, 7) is 0.712. The number of nitrogens with zero attached hydrogens (tertiary/aromatic N) is 1. The zero-order valence-electron chi connectivity index (χ0n) is 7.29. The lowest BCUT2D eigenvalue weighted by molar-refractivity contribution is 0.311. The monoisotopic (exact) mass is 199 g/mol. The number of nitrogens with two attached hydrogens (primary N) is 1. The average molecular weight is 199 g/mol. The van der Waals surface area contributed by atoms with Crippen molar-refractivity contribution in [2.24, 2.45) is 0 Å². The molecule has 0 unspecified atom stereocenters. The van der Waals surface area contributed by atoms with Crippen LogP contribution >= 0.6 is 11.5 Å². The highest BCUT2D eigenvalue weighted by Crippen LogP contribution is 2.47. The predicted molar refractivity (Wildman–Crippen MR) is 54.1 cm³/mol. The van der Waals surface area contributed by atoms with Gasteiger partial charge in [-0.05, 0) is 30.3 Å². The predicted octanol–water partition coefficient (Wildman–Crippen LogP) is 1.01. The fraction of sp³-hybridized carbons (Fsp3) is 0.625. The van der Waals surface area contributed by atoms with E-state index in [1.807, 2.05) is 0 Å². The van der Waals surface area contributed by atoms with Crippen molar-refractivity contribution in [1.82, 2.24) is 4.37 Å². The number of rotatable bonds is 4. The molecule has 0 radical (unpaired) electrons. The van der Waals surface area contributed by atoms with Crippen molar-refractivity contribution in [2.75, 3.05) is 24.2 Å². The number of aliphatic hydroxyl groups is 1. The lowest BCUT2D eigenvalue weighted by Gasteiger charge is -2.03. The maximum absolute atomic E-state index is 8.67. The summed E-state index contributed by atoms with van der Waals surface area (Å²) in [4.78, 5) is 0. The third kappa shape index (κ3) is 1.76. The van der Waals surface area contributed by atoms with Crippen molar-refractivity contribution in [3.63, 3.8) is 0 Å². The van der Waals surface area contributed by atoms with Gasteiger partial charge >= 0.3 is 0 Å². The lowest BCUT2D eigenvalue weighted by atomic mass is 10.2. The molecule has 0 aromatic carbocycles. The molecule has 4 N–H and O–H groups in total. The molecule has 0 amide bonds. The topological polar surface area (TPSA) is 71.2 Å². The Morgan fingerprint density at radius 2 is 2.38 bits per heavy atom. The van der Waals surface area contributed by atoms with Crippen LogP contribution < -0.4 is 11.1 Å². The number of nitrogen functional groups attached to an aromatic ring is 1. The quantitative estimate of drug-likeness (QED) is 0.676. The molecule has 0 saturated heterocycles. The Morgan fingerprint density at radius 3 is 3.00 bits per heavy atom. The summed E-state index contributed by atoms with van der Waals surface area (Å²) in [5.74, 6) is 1.27. The molecule has 5 heteroatoms. The Morgan fingerprint density at radius 1 is 1.62 bits per heavy atom. The molecular formula is C8H13N3OS. The van der Waals surface area contributed by atoms with Gasteiger partial charge in [-0.1, -0.05) is 0 Å². The molecule has 1 aliphatic rings. The molecule has 4 nitrogen and oxygen atoms in total. The van der Waals surface area contributed by atoms with Gasteiger partial charge in [0, 0.05) is 12.1 Å². The van der Waals surface area contributed by atoms with Crippen LogP contribution in [0.1, 0.15) is 24.3 Å². The minimum atomic E-state index is 0.141. The molecule has 1 aromatic heterocycles. The second kappa shape index (κ2) is 3.51. The third-order valence-corrected chi connectivity index (χ3v) is 2.97. The van der Waals surface area contributed by atoms with E-state index in [0.717, 1.165) is 5.00 Å². The number of aliphatic hydroxyl groups excluding tert-OH is 1. The van der Waals surface area contributed by atoms with E-state index in [2.05, 4.69) is 9.69 Å². The van der Waals surface area contributed by atoms with Gasteiger partial charge in [-0.25, -0.2) is 0 Å². The third-order valence-electron chi connectivity index (χ3n) is 2.14. The van der Waals surface area contributed by atoms with Gasteiger partial charge in [-0.3, -0.25) is 0 Å². The highest BCUT2D eigenvalue weighted by molar-refractivity contribution is 7.10. The van der Waals surface area contributed by atoms with Crippen molar-refractivity contribution in [2.45, 2.75) is 18.8 Å². The van der Waals surface area contributed by atoms with Crippen LogP contribution in [-0.4, -0.2) is 22.6 Å². The van der Waals surface area contributed by atoms with Crippen molar-refractivity contribution in [1.29, 1.82) is 0 Å². The van der Waals surface area contributed by atoms with Crippen molar-refractivity contribution in [3.8, 4) is 0 Å². The number of hydrogen-bond acceptors (Lipinski definition) is 5. The van der Waals surface area contributed by atoms with Gasteiger partial charge in [0.2, 0.25) is 0 Å². The molecule has 13 heavy (non-hydrogen) atoms. The normalized spacial score (nSPS) is 16.1. The van der Waals surface area contributed by atoms with Gasteiger partial charge in [0.1, 0.15) is 10.8 Å². The van der Waals surface area contributed by atoms with Gasteiger partial charge in [0.15, 0.2) is 0 Å². The summed E-state index contributed by atoms with van der Waals surface area (Å²) in [7, 11) is 0. The number of anilines is 2. The SMILES string of the molecule is Nc1nsc(NCCO)c1C1CC1.